The van der Waals surface area contributed by atoms with Crippen LogP contribution in [-0.4, -0.2) is 69.8 Å². The Morgan fingerprint density at radius 1 is 1.06 bits per heavy atom. The van der Waals surface area contributed by atoms with E-state index >= 15 is 8.78 Å². The largest absolute Gasteiger partial charge is 0.461 e. The van der Waals surface area contributed by atoms with Crippen LogP contribution in [0.2, 0.25) is 0 Å². The molecule has 4 aliphatic heterocycles. The second-order valence-corrected chi connectivity index (χ2v) is 14.9. The van der Waals surface area contributed by atoms with Gasteiger partial charge in [0.1, 0.15) is 29.6 Å². The number of aromatic nitrogens is 3. The van der Waals surface area contributed by atoms with Crippen molar-refractivity contribution in [1.29, 1.82) is 0 Å². The van der Waals surface area contributed by atoms with Crippen molar-refractivity contribution in [3.63, 3.8) is 0 Å². The van der Waals surface area contributed by atoms with Gasteiger partial charge in [-0.15, -0.1) is 0 Å². The number of rotatable bonds is 6. The number of piperazine rings is 1. The number of thiazole rings is 1. The zero-order valence-electron chi connectivity index (χ0n) is 25.4. The van der Waals surface area contributed by atoms with Gasteiger partial charge in [0, 0.05) is 47.7 Å². The zero-order chi connectivity index (χ0) is 32.2. The Morgan fingerprint density at radius 3 is 2.72 bits per heavy atom. The molecule has 4 aromatic rings. The van der Waals surface area contributed by atoms with Gasteiger partial charge in [-0.05, 0) is 75.6 Å². The highest BCUT2D eigenvalue weighted by Gasteiger charge is 2.53. The van der Waals surface area contributed by atoms with E-state index < -0.39 is 34.6 Å². The molecule has 3 N–H and O–H groups in total. The molecule has 47 heavy (non-hydrogen) atoms. The summed E-state index contributed by atoms with van der Waals surface area (Å²) in [6, 6.07) is 3.78. The summed E-state index contributed by atoms with van der Waals surface area (Å²) in [6.07, 6.45) is 4.35. The van der Waals surface area contributed by atoms with Gasteiger partial charge >= 0.3 is 6.01 Å². The summed E-state index contributed by atoms with van der Waals surface area (Å²) in [5.41, 5.74) is 4.83. The highest BCUT2D eigenvalue weighted by Crippen LogP contribution is 2.49. The average molecular weight is 670 g/mol. The second kappa shape index (κ2) is 10.4. The van der Waals surface area contributed by atoms with Crippen molar-refractivity contribution in [2.45, 2.75) is 62.1 Å². The monoisotopic (exact) mass is 669 g/mol. The minimum Gasteiger partial charge on any atom is -0.461 e. The van der Waals surface area contributed by atoms with Gasteiger partial charge in [-0.2, -0.15) is 18.7 Å². The molecule has 1 aliphatic carbocycles. The van der Waals surface area contributed by atoms with E-state index in [0.29, 0.717) is 37.8 Å². The van der Waals surface area contributed by atoms with Crippen molar-refractivity contribution >= 4 is 43.4 Å². The molecule has 4 saturated heterocycles. The third-order valence-electron chi connectivity index (χ3n) is 11.0. The highest BCUT2D eigenvalue weighted by atomic mass is 32.1. The number of anilines is 2. The third-order valence-corrected chi connectivity index (χ3v) is 11.9. The molecule has 5 aliphatic rings. The van der Waals surface area contributed by atoms with Crippen LogP contribution >= 0.6 is 11.3 Å². The van der Waals surface area contributed by atoms with Crippen LogP contribution in [0.1, 0.15) is 44.9 Å². The van der Waals surface area contributed by atoms with Gasteiger partial charge < -0.3 is 20.7 Å². The van der Waals surface area contributed by atoms with Gasteiger partial charge in [0.25, 0.3) is 6.08 Å². The summed E-state index contributed by atoms with van der Waals surface area (Å²) in [4.78, 5) is 17.6. The molecule has 2 aromatic carbocycles. The number of halogens is 5. The molecule has 0 spiro atoms. The van der Waals surface area contributed by atoms with Crippen molar-refractivity contribution in [3.05, 3.63) is 47.3 Å². The fourth-order valence-corrected chi connectivity index (χ4v) is 9.50. The zero-order valence-corrected chi connectivity index (χ0v) is 26.2. The fourth-order valence-electron chi connectivity index (χ4n) is 8.73. The van der Waals surface area contributed by atoms with Crippen LogP contribution in [0.5, 0.6) is 6.01 Å². The Morgan fingerprint density at radius 2 is 1.91 bits per heavy atom. The Labute approximate surface area is 270 Å². The standard InChI is InChI=1S/C33H32F5N7OS/c34-21-5-4-19(26-27(21)47-30(39)40-26)23-22(35)10-20-25(24(23)36)41-31(46-15-32-7-1-9-45(32)12-16(11-32)28(37)38)42-29(20)44-13-18-6-8-33(14-44,43-18)17-2-3-17/h4-5,10,17-18,43H,1-3,6-9,11-15H2,(H2,39,40)/t18-,32-,33+/m0/s1. The van der Waals surface area contributed by atoms with Gasteiger partial charge in [0.15, 0.2) is 10.9 Å². The topological polar surface area (TPSA) is 92.4 Å². The lowest BCUT2D eigenvalue weighted by molar-refractivity contribution is 0.108. The number of nitrogens with two attached hydrogens (primary N) is 1. The highest BCUT2D eigenvalue weighted by molar-refractivity contribution is 7.22. The molecule has 3 atom stereocenters. The summed E-state index contributed by atoms with van der Waals surface area (Å²) >= 11 is 0.902. The number of benzene rings is 2. The normalized spacial score (nSPS) is 27.4. The van der Waals surface area contributed by atoms with Gasteiger partial charge in [-0.25, -0.2) is 18.2 Å². The van der Waals surface area contributed by atoms with E-state index in [1.165, 1.54) is 12.1 Å². The maximum absolute atomic E-state index is 16.8. The SMILES string of the molecule is Nc1nc2c(-c3c(F)cc4c(N5C[C@@H]6CC[C@](C7CC7)(C5)N6)nc(OC[C@@]56CCCN5CC(=C(F)F)C6)nc4c3F)ccc(F)c2s1. The lowest BCUT2D eigenvalue weighted by Crippen LogP contribution is -2.61. The molecule has 0 radical (unpaired) electrons. The van der Waals surface area contributed by atoms with Gasteiger partial charge in [-0.1, -0.05) is 11.3 Å². The van der Waals surface area contributed by atoms with Gasteiger partial charge in [0.05, 0.1) is 21.3 Å². The molecule has 1 saturated carbocycles. The Hall–Kier alpha value is -3.62. The van der Waals surface area contributed by atoms with E-state index in [4.69, 9.17) is 15.5 Å². The maximum Gasteiger partial charge on any atom is 0.319 e. The van der Waals surface area contributed by atoms with Crippen LogP contribution in [0.3, 0.4) is 0 Å². The van der Waals surface area contributed by atoms with Gasteiger partial charge in [0.2, 0.25) is 0 Å². The van der Waals surface area contributed by atoms with E-state index in [-0.39, 0.29) is 74.6 Å². The van der Waals surface area contributed by atoms with Crippen molar-refractivity contribution in [3.8, 4) is 17.1 Å². The third kappa shape index (κ3) is 4.61. The van der Waals surface area contributed by atoms with Crippen LogP contribution in [-0.2, 0) is 0 Å². The molecule has 14 heteroatoms. The van der Waals surface area contributed by atoms with Crippen LogP contribution in [0.15, 0.2) is 29.9 Å². The first-order chi connectivity index (χ1) is 22.6. The number of nitrogen functional groups attached to an aromatic ring is 1. The van der Waals surface area contributed by atoms with E-state index in [9.17, 15) is 13.2 Å². The lowest BCUT2D eigenvalue weighted by Gasteiger charge is -2.42. The minimum absolute atomic E-state index is 0.0529. The first kappa shape index (κ1) is 29.5. The van der Waals surface area contributed by atoms with Crippen LogP contribution < -0.4 is 20.7 Å². The van der Waals surface area contributed by atoms with Crippen LogP contribution in [0.4, 0.5) is 32.9 Å². The molecule has 246 valence electrons. The van der Waals surface area contributed by atoms with Crippen LogP contribution in [0.25, 0.3) is 32.2 Å². The first-order valence-electron chi connectivity index (χ1n) is 16.1. The van der Waals surface area contributed by atoms with E-state index in [1.54, 1.807) is 0 Å². The average Bonchev–Trinajstić information content (AvgIpc) is 3.42. The summed E-state index contributed by atoms with van der Waals surface area (Å²) in [5.74, 6) is -1.48. The molecule has 0 unspecified atom stereocenters. The Kier molecular flexibility index (Phi) is 6.55. The molecule has 2 aromatic heterocycles. The molecule has 0 amide bonds. The van der Waals surface area contributed by atoms with E-state index in [2.05, 4.69) is 20.2 Å². The van der Waals surface area contributed by atoms with Crippen molar-refractivity contribution in [2.75, 3.05) is 43.4 Å². The molecule has 6 heterocycles. The van der Waals surface area contributed by atoms with Crippen molar-refractivity contribution < 1.29 is 26.7 Å². The first-order valence-corrected chi connectivity index (χ1v) is 16.9. The summed E-state index contributed by atoms with van der Waals surface area (Å²) in [7, 11) is 0. The summed E-state index contributed by atoms with van der Waals surface area (Å²) < 4.78 is 81.1. The number of nitrogens with one attached hydrogen (secondary N) is 1. The molecule has 9 rings (SSSR count). The number of ether oxygens (including phenoxy) is 1. The van der Waals surface area contributed by atoms with Crippen molar-refractivity contribution in [2.24, 2.45) is 5.92 Å². The predicted octanol–water partition coefficient (Wildman–Crippen LogP) is 6.39. The predicted molar refractivity (Wildman–Crippen MR) is 169 cm³/mol. The molecule has 8 nitrogen and oxygen atoms in total. The van der Waals surface area contributed by atoms with Gasteiger partial charge in [-0.3, -0.25) is 4.90 Å². The van der Waals surface area contributed by atoms with E-state index in [1.807, 2.05) is 4.90 Å². The summed E-state index contributed by atoms with van der Waals surface area (Å²) in [5, 5.41) is 4.10. The van der Waals surface area contributed by atoms with E-state index in [0.717, 1.165) is 49.5 Å². The lowest BCUT2D eigenvalue weighted by atomic mass is 9.90. The molecular weight excluding hydrogens is 637 g/mol. The minimum atomic E-state index is -1.66. The fraction of sp³-hybridized carbons (Fsp3) is 0.485. The maximum atomic E-state index is 16.8. The second-order valence-electron chi connectivity index (χ2n) is 13.9. The number of fused-ring (bicyclic) bond motifs is 5. The molecule has 5 fully saturated rings. The number of nitrogens with zero attached hydrogens (tertiary/aromatic N) is 5. The smallest absolute Gasteiger partial charge is 0.319 e. The Balaban J connectivity index is 1.18. The Bertz CT molecular complexity index is 2000. The molecule has 2 bridgehead atoms. The number of hydrogen-bond donors (Lipinski definition) is 2. The quantitative estimate of drug-likeness (QED) is 0.228. The van der Waals surface area contributed by atoms with Crippen LogP contribution in [0, 0.1) is 23.4 Å². The van der Waals surface area contributed by atoms with Crippen molar-refractivity contribution in [1.82, 2.24) is 25.2 Å². The number of hydrogen-bond acceptors (Lipinski definition) is 9. The summed E-state index contributed by atoms with van der Waals surface area (Å²) in [6.45, 7) is 2.15. The molecular formula is C33H32F5N7OS.